The molecule has 1 N–H and O–H groups in total. The molecule has 1 amide bonds. The fourth-order valence-corrected chi connectivity index (χ4v) is 6.32. The monoisotopic (exact) mass is 549 g/mol. The molecule has 1 aliphatic heterocycles. The molecule has 0 spiro atoms. The number of benzene rings is 3. The molecule has 9 heteroatoms. The summed E-state index contributed by atoms with van der Waals surface area (Å²) in [6.45, 7) is 6.08. The van der Waals surface area contributed by atoms with E-state index in [0.717, 1.165) is 37.2 Å². The van der Waals surface area contributed by atoms with Crippen LogP contribution in [0.3, 0.4) is 0 Å². The molecule has 3 aromatic rings. The number of sulfonamides is 1. The maximum Gasteiger partial charge on any atom is 0.264 e. The second-order valence-electron chi connectivity index (χ2n) is 9.27. The van der Waals surface area contributed by atoms with Crippen molar-refractivity contribution in [3.05, 3.63) is 96.6 Å². The number of amides is 1. The number of nitrogens with one attached hydrogen (secondary N) is 1. The van der Waals surface area contributed by atoms with Gasteiger partial charge >= 0.3 is 0 Å². The summed E-state index contributed by atoms with van der Waals surface area (Å²) < 4.78 is 39.3. The van der Waals surface area contributed by atoms with Crippen molar-refractivity contribution in [2.45, 2.75) is 23.8 Å². The second-order valence-corrected chi connectivity index (χ2v) is 11.1. The van der Waals surface area contributed by atoms with Crippen molar-refractivity contribution in [1.82, 2.24) is 10.2 Å². The largest absolute Gasteiger partial charge is 0.497 e. The van der Waals surface area contributed by atoms with Crippen LogP contribution in [0.25, 0.3) is 0 Å². The maximum absolute atomic E-state index is 13.7. The Morgan fingerprint density at radius 3 is 2.41 bits per heavy atom. The van der Waals surface area contributed by atoms with Gasteiger partial charge in [-0.25, -0.2) is 8.42 Å². The number of ether oxygens (including phenoxy) is 2. The van der Waals surface area contributed by atoms with E-state index in [9.17, 15) is 13.2 Å². The first-order valence-electron chi connectivity index (χ1n) is 12.9. The van der Waals surface area contributed by atoms with Crippen LogP contribution >= 0.6 is 0 Å². The smallest absolute Gasteiger partial charge is 0.264 e. The van der Waals surface area contributed by atoms with Gasteiger partial charge in [0, 0.05) is 12.1 Å². The first kappa shape index (κ1) is 28.2. The predicted molar refractivity (Wildman–Crippen MR) is 153 cm³/mol. The summed E-state index contributed by atoms with van der Waals surface area (Å²) in [5, 5.41) is 3.03. The minimum Gasteiger partial charge on any atom is -0.497 e. The molecule has 0 aromatic heterocycles. The maximum atomic E-state index is 13.7. The van der Waals surface area contributed by atoms with Gasteiger partial charge in [0.2, 0.25) is 0 Å². The molecular formula is C30H35N3O5S. The van der Waals surface area contributed by atoms with Gasteiger partial charge < -0.3 is 14.8 Å². The highest BCUT2D eigenvalue weighted by atomic mass is 32.2. The molecule has 0 bridgehead atoms. The summed E-state index contributed by atoms with van der Waals surface area (Å²) in [6, 6.07) is 20.9. The lowest BCUT2D eigenvalue weighted by Gasteiger charge is -2.28. The Kier molecular flexibility index (Phi) is 9.27. The molecule has 39 heavy (non-hydrogen) atoms. The molecule has 4 rings (SSSR count). The zero-order valence-electron chi connectivity index (χ0n) is 22.4. The van der Waals surface area contributed by atoms with Gasteiger partial charge in [-0.2, -0.15) is 0 Å². The Morgan fingerprint density at radius 2 is 1.74 bits per heavy atom. The Hall–Kier alpha value is -3.82. The molecule has 1 saturated heterocycles. The van der Waals surface area contributed by atoms with E-state index in [-0.39, 0.29) is 29.0 Å². The van der Waals surface area contributed by atoms with E-state index in [1.54, 1.807) is 43.5 Å². The van der Waals surface area contributed by atoms with Gasteiger partial charge in [0.25, 0.3) is 15.9 Å². The van der Waals surface area contributed by atoms with Crippen molar-refractivity contribution in [3.63, 3.8) is 0 Å². The lowest BCUT2D eigenvalue weighted by molar-refractivity contribution is 0.0937. The number of rotatable bonds is 12. The molecule has 3 aromatic carbocycles. The summed E-state index contributed by atoms with van der Waals surface area (Å²) in [5.41, 5.74) is 1.75. The van der Waals surface area contributed by atoms with Crippen molar-refractivity contribution >= 4 is 21.6 Å². The van der Waals surface area contributed by atoms with Gasteiger partial charge in [-0.05, 0) is 74.0 Å². The Labute approximate surface area is 230 Å². The molecule has 1 aliphatic rings. The normalized spacial score (nSPS) is 14.4. The molecule has 1 fully saturated rings. The third-order valence-electron chi connectivity index (χ3n) is 6.87. The minimum absolute atomic E-state index is 0.00269. The van der Waals surface area contributed by atoms with E-state index in [0.29, 0.717) is 18.0 Å². The Morgan fingerprint density at radius 1 is 1.03 bits per heavy atom. The summed E-state index contributed by atoms with van der Waals surface area (Å²) in [6.07, 6.45) is 3.75. The first-order valence-corrected chi connectivity index (χ1v) is 14.4. The SMILES string of the molecule is C=CCN(c1ccccc1OC)S(=O)(=O)c1cccc(C(=O)NC[C@H](c2ccc(OC)cc2)N2CCCC2)c1. The Bertz CT molecular complexity index is 1390. The summed E-state index contributed by atoms with van der Waals surface area (Å²) in [7, 11) is -0.894. The lowest BCUT2D eigenvalue weighted by atomic mass is 10.0. The highest BCUT2D eigenvalue weighted by Gasteiger charge is 2.28. The molecule has 1 atom stereocenters. The van der Waals surface area contributed by atoms with E-state index in [2.05, 4.69) is 16.8 Å². The highest BCUT2D eigenvalue weighted by molar-refractivity contribution is 7.92. The third kappa shape index (κ3) is 6.43. The summed E-state index contributed by atoms with van der Waals surface area (Å²) >= 11 is 0. The van der Waals surface area contributed by atoms with Gasteiger partial charge in [-0.1, -0.05) is 36.4 Å². The standard InChI is InChI=1S/C30H35N3O5S/c1-4-18-33(27-12-5-6-13-29(27)38-3)39(35,36)26-11-9-10-24(21-26)30(34)31-22-28(32-19-7-8-20-32)23-14-16-25(37-2)17-15-23/h4-6,9-17,21,28H,1,7-8,18-20,22H2,2-3H3,(H,31,34)/t28-/m1/s1. The average molecular weight is 550 g/mol. The number of anilines is 1. The van der Waals surface area contributed by atoms with E-state index < -0.39 is 10.0 Å². The van der Waals surface area contributed by atoms with Crippen LogP contribution in [0.1, 0.15) is 34.8 Å². The van der Waals surface area contributed by atoms with Crippen LogP contribution in [0.15, 0.2) is 90.3 Å². The minimum atomic E-state index is -4.02. The molecule has 1 heterocycles. The molecule has 206 valence electrons. The van der Waals surface area contributed by atoms with E-state index in [1.807, 2.05) is 24.3 Å². The van der Waals surface area contributed by atoms with Crippen LogP contribution in [-0.2, 0) is 10.0 Å². The highest BCUT2D eigenvalue weighted by Crippen LogP contribution is 2.32. The number of hydrogen-bond acceptors (Lipinski definition) is 6. The predicted octanol–water partition coefficient (Wildman–Crippen LogP) is 4.65. The van der Waals surface area contributed by atoms with Crippen LogP contribution in [0.2, 0.25) is 0 Å². The van der Waals surface area contributed by atoms with Crippen molar-refractivity contribution in [2.75, 3.05) is 44.7 Å². The Balaban J connectivity index is 1.56. The van der Waals surface area contributed by atoms with Crippen LogP contribution in [-0.4, -0.2) is 59.6 Å². The van der Waals surface area contributed by atoms with Gasteiger partial charge in [0.15, 0.2) is 0 Å². The molecule has 8 nitrogen and oxygen atoms in total. The molecule has 0 unspecified atom stereocenters. The summed E-state index contributed by atoms with van der Waals surface area (Å²) in [5.74, 6) is 0.861. The van der Waals surface area contributed by atoms with Gasteiger partial charge in [0.05, 0.1) is 37.4 Å². The average Bonchev–Trinajstić information content (AvgIpc) is 3.51. The number of carbonyl (C=O) groups is 1. The van der Waals surface area contributed by atoms with Crippen molar-refractivity contribution < 1.29 is 22.7 Å². The van der Waals surface area contributed by atoms with Crippen molar-refractivity contribution in [3.8, 4) is 11.5 Å². The van der Waals surface area contributed by atoms with Crippen molar-refractivity contribution in [2.24, 2.45) is 0 Å². The second kappa shape index (κ2) is 12.8. The fraction of sp³-hybridized carbons (Fsp3) is 0.300. The number of methoxy groups -OCH3 is 2. The van der Waals surface area contributed by atoms with Crippen LogP contribution in [0.4, 0.5) is 5.69 Å². The molecule has 0 radical (unpaired) electrons. The topological polar surface area (TPSA) is 88.2 Å². The zero-order valence-corrected chi connectivity index (χ0v) is 23.2. The van der Waals surface area contributed by atoms with Crippen LogP contribution in [0.5, 0.6) is 11.5 Å². The number of hydrogen-bond donors (Lipinski definition) is 1. The summed E-state index contributed by atoms with van der Waals surface area (Å²) in [4.78, 5) is 15.6. The van der Waals surface area contributed by atoms with E-state index in [1.165, 1.54) is 29.6 Å². The number of para-hydroxylation sites is 2. The fourth-order valence-electron chi connectivity index (χ4n) is 4.83. The quantitative estimate of drug-likeness (QED) is 0.331. The number of likely N-dealkylation sites (tertiary alicyclic amines) is 1. The number of nitrogens with zero attached hydrogens (tertiary/aromatic N) is 2. The molecule has 0 aliphatic carbocycles. The molecule has 0 saturated carbocycles. The zero-order chi connectivity index (χ0) is 27.8. The molecular weight excluding hydrogens is 514 g/mol. The van der Waals surface area contributed by atoms with Gasteiger partial charge in [-0.15, -0.1) is 6.58 Å². The number of carbonyl (C=O) groups excluding carboxylic acids is 1. The first-order chi connectivity index (χ1) is 18.9. The van der Waals surface area contributed by atoms with Crippen molar-refractivity contribution in [1.29, 1.82) is 0 Å². The lowest BCUT2D eigenvalue weighted by Crippen LogP contribution is -2.37. The van der Waals surface area contributed by atoms with Crippen LogP contribution in [0, 0.1) is 0 Å². The van der Waals surface area contributed by atoms with E-state index >= 15 is 0 Å². The van der Waals surface area contributed by atoms with E-state index in [4.69, 9.17) is 9.47 Å². The third-order valence-corrected chi connectivity index (χ3v) is 8.65. The van der Waals surface area contributed by atoms with Gasteiger partial charge in [-0.3, -0.25) is 14.0 Å². The van der Waals surface area contributed by atoms with Crippen LogP contribution < -0.4 is 19.1 Å². The van der Waals surface area contributed by atoms with Gasteiger partial charge in [0.1, 0.15) is 11.5 Å².